The second kappa shape index (κ2) is 9.89. The molecule has 1 N–H and O–H groups in total. The molecule has 6 nitrogen and oxygen atoms in total. The summed E-state index contributed by atoms with van der Waals surface area (Å²) in [5.41, 5.74) is 4.22. The van der Waals surface area contributed by atoms with Crippen LogP contribution in [0.3, 0.4) is 0 Å². The maximum absolute atomic E-state index is 13.3. The van der Waals surface area contributed by atoms with Crippen molar-refractivity contribution < 1.29 is 19.1 Å². The first-order valence-corrected chi connectivity index (χ1v) is 11.1. The molecule has 34 heavy (non-hydrogen) atoms. The van der Waals surface area contributed by atoms with Crippen molar-refractivity contribution in [2.45, 2.75) is 20.5 Å². The van der Waals surface area contributed by atoms with Crippen LogP contribution >= 0.6 is 12.2 Å². The molecule has 0 atom stereocenters. The van der Waals surface area contributed by atoms with Crippen molar-refractivity contribution in [1.29, 1.82) is 0 Å². The highest BCUT2D eigenvalue weighted by molar-refractivity contribution is 7.80. The molecule has 3 aromatic carbocycles. The lowest BCUT2D eigenvalue weighted by Crippen LogP contribution is -2.54. The number of carbonyl (C=O) groups excluding carboxylic acids is 2. The van der Waals surface area contributed by atoms with E-state index in [0.29, 0.717) is 29.4 Å². The third-order valence-corrected chi connectivity index (χ3v) is 5.59. The lowest BCUT2D eigenvalue weighted by molar-refractivity contribution is -0.122. The molecule has 0 saturated carbocycles. The minimum atomic E-state index is -0.543. The zero-order chi connectivity index (χ0) is 24.2. The van der Waals surface area contributed by atoms with Gasteiger partial charge >= 0.3 is 0 Å². The van der Waals surface area contributed by atoms with Crippen LogP contribution in [0.2, 0.25) is 0 Å². The Bertz CT molecular complexity index is 1280. The summed E-state index contributed by atoms with van der Waals surface area (Å²) in [5.74, 6) is 0.0303. The lowest BCUT2D eigenvalue weighted by Gasteiger charge is -2.29. The number of carbonyl (C=O) groups is 2. The monoisotopic (exact) mass is 472 g/mol. The van der Waals surface area contributed by atoms with E-state index in [-0.39, 0.29) is 10.7 Å². The summed E-state index contributed by atoms with van der Waals surface area (Å²) in [7, 11) is 1.54. The number of rotatable bonds is 6. The van der Waals surface area contributed by atoms with Gasteiger partial charge in [-0.3, -0.25) is 19.8 Å². The number of benzene rings is 3. The molecule has 0 spiro atoms. The van der Waals surface area contributed by atoms with Gasteiger partial charge in [0.05, 0.1) is 12.8 Å². The first kappa shape index (κ1) is 23.2. The summed E-state index contributed by atoms with van der Waals surface area (Å²) >= 11 is 5.30. The van der Waals surface area contributed by atoms with E-state index >= 15 is 0 Å². The quantitative estimate of drug-likeness (QED) is 0.319. The molecular formula is C27H24N2O4S. The van der Waals surface area contributed by atoms with E-state index in [1.807, 2.05) is 62.4 Å². The average molecular weight is 473 g/mol. The van der Waals surface area contributed by atoms with Gasteiger partial charge in [-0.2, -0.15) is 0 Å². The van der Waals surface area contributed by atoms with Crippen LogP contribution < -0.4 is 19.7 Å². The molecule has 1 saturated heterocycles. The molecule has 4 rings (SSSR count). The largest absolute Gasteiger partial charge is 0.493 e. The number of thiocarbonyl (C=S) groups is 1. The van der Waals surface area contributed by atoms with Crippen molar-refractivity contribution in [1.82, 2.24) is 5.32 Å². The van der Waals surface area contributed by atoms with Gasteiger partial charge in [0.1, 0.15) is 12.2 Å². The molecule has 7 heteroatoms. The van der Waals surface area contributed by atoms with E-state index in [4.69, 9.17) is 21.7 Å². The number of aryl methyl sites for hydroxylation is 2. The predicted molar refractivity (Wildman–Crippen MR) is 136 cm³/mol. The summed E-state index contributed by atoms with van der Waals surface area (Å²) in [4.78, 5) is 27.3. The fourth-order valence-electron chi connectivity index (χ4n) is 3.77. The van der Waals surface area contributed by atoms with Crippen molar-refractivity contribution in [2.75, 3.05) is 12.0 Å². The summed E-state index contributed by atoms with van der Waals surface area (Å²) in [6.45, 7) is 4.27. The van der Waals surface area contributed by atoms with E-state index in [1.165, 1.54) is 11.0 Å². The number of hydrogen-bond donors (Lipinski definition) is 1. The van der Waals surface area contributed by atoms with Gasteiger partial charge in [-0.05, 0) is 78.7 Å². The number of nitrogens with one attached hydrogen (secondary N) is 1. The maximum atomic E-state index is 13.3. The fourth-order valence-corrected chi connectivity index (χ4v) is 4.05. The Kier molecular flexibility index (Phi) is 6.75. The zero-order valence-corrected chi connectivity index (χ0v) is 19.9. The van der Waals surface area contributed by atoms with E-state index in [2.05, 4.69) is 5.32 Å². The molecule has 0 unspecified atom stereocenters. The Morgan fingerprint density at radius 3 is 2.32 bits per heavy atom. The highest BCUT2D eigenvalue weighted by atomic mass is 32.1. The SMILES string of the molecule is COc1cc(/C=C2\C(=O)NC(=S)N(c3cc(C)cc(C)c3)C2=O)ccc1OCc1ccccc1. The maximum Gasteiger partial charge on any atom is 0.270 e. The highest BCUT2D eigenvalue weighted by Gasteiger charge is 2.34. The topological polar surface area (TPSA) is 67.9 Å². The standard InChI is InChI=1S/C27H24N2O4S/c1-17-11-18(2)13-21(12-17)29-26(31)22(25(30)28-27(29)34)14-20-9-10-23(24(15-20)32-3)33-16-19-7-5-4-6-8-19/h4-15H,16H2,1-3H3,(H,28,30,34)/b22-14+. The number of hydrogen-bond acceptors (Lipinski definition) is 5. The normalized spacial score (nSPS) is 14.9. The Morgan fingerprint density at radius 2 is 1.65 bits per heavy atom. The average Bonchev–Trinajstić information content (AvgIpc) is 2.80. The van der Waals surface area contributed by atoms with Gasteiger partial charge in [0.2, 0.25) is 0 Å². The Balaban J connectivity index is 1.62. The van der Waals surface area contributed by atoms with Crippen LogP contribution in [-0.2, 0) is 16.2 Å². The van der Waals surface area contributed by atoms with Crippen molar-refractivity contribution in [3.05, 3.63) is 94.6 Å². The molecule has 0 radical (unpaired) electrons. The first-order chi connectivity index (χ1) is 16.4. The molecule has 172 valence electrons. The molecule has 0 aromatic heterocycles. The summed E-state index contributed by atoms with van der Waals surface area (Å²) in [5, 5.41) is 2.67. The highest BCUT2D eigenvalue weighted by Crippen LogP contribution is 2.31. The molecule has 3 aromatic rings. The summed E-state index contributed by atoms with van der Waals surface area (Å²) in [6, 6.07) is 20.8. The molecule has 1 aliphatic rings. The molecule has 2 amide bonds. The summed E-state index contributed by atoms with van der Waals surface area (Å²) < 4.78 is 11.4. The van der Waals surface area contributed by atoms with E-state index in [9.17, 15) is 9.59 Å². The van der Waals surface area contributed by atoms with Gasteiger partial charge in [-0.15, -0.1) is 0 Å². The van der Waals surface area contributed by atoms with E-state index in [0.717, 1.165) is 16.7 Å². The van der Waals surface area contributed by atoms with Crippen LogP contribution in [0.4, 0.5) is 5.69 Å². The predicted octanol–water partition coefficient (Wildman–Crippen LogP) is 4.72. The molecule has 0 bridgehead atoms. The van der Waals surface area contributed by atoms with Gasteiger partial charge in [0, 0.05) is 0 Å². The number of anilines is 1. The molecule has 1 fully saturated rings. The van der Waals surface area contributed by atoms with Crippen molar-refractivity contribution in [3.63, 3.8) is 0 Å². The molecule has 0 aliphatic carbocycles. The van der Waals surface area contributed by atoms with Crippen LogP contribution in [0.15, 0.2) is 72.3 Å². The molecular weight excluding hydrogens is 448 g/mol. The van der Waals surface area contributed by atoms with Gasteiger partial charge in [-0.25, -0.2) is 0 Å². The molecule has 1 aliphatic heterocycles. The van der Waals surface area contributed by atoms with Crippen molar-refractivity contribution >= 4 is 40.9 Å². The molecule has 1 heterocycles. The first-order valence-electron chi connectivity index (χ1n) is 10.7. The van der Waals surface area contributed by atoms with Crippen LogP contribution in [-0.4, -0.2) is 24.0 Å². The lowest BCUT2D eigenvalue weighted by atomic mass is 10.1. The smallest absolute Gasteiger partial charge is 0.270 e. The third-order valence-electron chi connectivity index (χ3n) is 5.30. The van der Waals surface area contributed by atoms with Crippen molar-refractivity contribution in [2.24, 2.45) is 0 Å². The van der Waals surface area contributed by atoms with Gasteiger partial charge in [-0.1, -0.05) is 42.5 Å². The third kappa shape index (κ3) is 5.00. The van der Waals surface area contributed by atoms with Crippen LogP contribution in [0, 0.1) is 13.8 Å². The van der Waals surface area contributed by atoms with Crippen LogP contribution in [0.5, 0.6) is 11.5 Å². The van der Waals surface area contributed by atoms with Gasteiger partial charge < -0.3 is 9.47 Å². The Morgan fingerprint density at radius 1 is 0.941 bits per heavy atom. The fraction of sp³-hybridized carbons (Fsp3) is 0.148. The Hall–Kier alpha value is -3.97. The zero-order valence-electron chi connectivity index (χ0n) is 19.1. The number of methoxy groups -OCH3 is 1. The minimum Gasteiger partial charge on any atom is -0.493 e. The van der Waals surface area contributed by atoms with Crippen LogP contribution in [0.25, 0.3) is 6.08 Å². The van der Waals surface area contributed by atoms with Crippen LogP contribution in [0.1, 0.15) is 22.3 Å². The second-order valence-corrected chi connectivity index (χ2v) is 8.38. The van der Waals surface area contributed by atoms with Crippen molar-refractivity contribution in [3.8, 4) is 11.5 Å². The summed E-state index contributed by atoms with van der Waals surface area (Å²) in [6.07, 6.45) is 1.53. The van der Waals surface area contributed by atoms with E-state index in [1.54, 1.807) is 25.3 Å². The van der Waals surface area contributed by atoms with Gasteiger partial charge in [0.15, 0.2) is 16.6 Å². The number of nitrogens with zero attached hydrogens (tertiary/aromatic N) is 1. The minimum absolute atomic E-state index is 0.0206. The Labute approximate surface area is 203 Å². The van der Waals surface area contributed by atoms with E-state index < -0.39 is 11.8 Å². The number of amides is 2. The van der Waals surface area contributed by atoms with Gasteiger partial charge in [0.25, 0.3) is 11.8 Å². The second-order valence-electron chi connectivity index (χ2n) is 7.99. The number of ether oxygens (including phenoxy) is 2.